The molecule has 0 spiro atoms. The van der Waals surface area contributed by atoms with Gasteiger partial charge in [0.2, 0.25) is 0 Å². The lowest BCUT2D eigenvalue weighted by Gasteiger charge is -2.26. The van der Waals surface area contributed by atoms with E-state index in [1.54, 1.807) is 7.11 Å². The van der Waals surface area contributed by atoms with Crippen LogP contribution in [0.3, 0.4) is 0 Å². The molecule has 1 aromatic carbocycles. The highest BCUT2D eigenvalue weighted by Gasteiger charge is 2.40. The summed E-state index contributed by atoms with van der Waals surface area (Å²) in [6.07, 6.45) is 0.817. The number of rotatable bonds is 5. The topological polar surface area (TPSA) is 58.2 Å². The van der Waals surface area contributed by atoms with Gasteiger partial charge in [0.25, 0.3) is 5.91 Å². The zero-order valence-corrected chi connectivity index (χ0v) is 13.2. The minimum atomic E-state index is -0.0568. The van der Waals surface area contributed by atoms with Crippen LogP contribution in [0.4, 0.5) is 0 Å². The van der Waals surface area contributed by atoms with E-state index in [9.17, 15) is 4.79 Å². The fraction of sp³-hybridized carbons (Fsp3) is 0.412. The summed E-state index contributed by atoms with van der Waals surface area (Å²) in [5.41, 5.74) is 4.86. The van der Waals surface area contributed by atoms with Gasteiger partial charge in [0.05, 0.1) is 6.04 Å². The number of ether oxygens (including phenoxy) is 1. The Morgan fingerprint density at radius 1 is 1.27 bits per heavy atom. The number of methoxy groups -OCH3 is 1. The van der Waals surface area contributed by atoms with Crippen molar-refractivity contribution >= 4 is 5.91 Å². The summed E-state index contributed by atoms with van der Waals surface area (Å²) in [4.78, 5) is 14.6. The molecule has 1 amide bonds. The van der Waals surface area contributed by atoms with Crippen LogP contribution in [0.25, 0.3) is 0 Å². The number of benzene rings is 1. The van der Waals surface area contributed by atoms with Gasteiger partial charge in [-0.05, 0) is 25.8 Å². The van der Waals surface area contributed by atoms with Gasteiger partial charge in [0.15, 0.2) is 5.69 Å². The summed E-state index contributed by atoms with van der Waals surface area (Å²) in [5.74, 6) is 0.000952. The van der Waals surface area contributed by atoms with E-state index < -0.39 is 0 Å². The minimum Gasteiger partial charge on any atom is -0.385 e. The Bertz CT molecular complexity index is 676. The Labute approximate surface area is 130 Å². The van der Waals surface area contributed by atoms with Gasteiger partial charge < -0.3 is 9.64 Å². The predicted octanol–water partition coefficient (Wildman–Crippen LogP) is 2.61. The lowest BCUT2D eigenvalue weighted by Crippen LogP contribution is -2.31. The molecule has 1 aliphatic rings. The molecule has 116 valence electrons. The summed E-state index contributed by atoms with van der Waals surface area (Å²) in [6.45, 7) is 5.35. The van der Waals surface area contributed by atoms with Crippen LogP contribution in [-0.2, 0) is 4.74 Å². The quantitative estimate of drug-likeness (QED) is 0.863. The maximum atomic E-state index is 12.7. The van der Waals surface area contributed by atoms with Crippen LogP contribution in [0.2, 0.25) is 0 Å². The largest absolute Gasteiger partial charge is 0.385 e. The molecule has 5 heteroatoms. The highest BCUT2D eigenvalue weighted by molar-refractivity contribution is 5.98. The second kappa shape index (κ2) is 5.93. The molecule has 0 radical (unpaired) electrons. The fourth-order valence-electron chi connectivity index (χ4n) is 3.05. The Balaban J connectivity index is 1.98. The number of hydrogen-bond acceptors (Lipinski definition) is 3. The third kappa shape index (κ3) is 2.41. The molecule has 1 N–H and O–H groups in total. The SMILES string of the molecule is COCCCN1C(=O)c2n[nH]c(C)c2C1c1ccc(C)cc1. The van der Waals surface area contributed by atoms with Gasteiger partial charge in [-0.3, -0.25) is 9.89 Å². The number of amides is 1. The molecule has 1 aromatic heterocycles. The molecular formula is C17H21N3O2. The van der Waals surface area contributed by atoms with Crippen LogP contribution in [0.1, 0.15) is 45.3 Å². The first-order chi connectivity index (χ1) is 10.6. The molecule has 0 aliphatic carbocycles. The second-order valence-electron chi connectivity index (χ2n) is 5.77. The van der Waals surface area contributed by atoms with E-state index in [4.69, 9.17) is 4.74 Å². The van der Waals surface area contributed by atoms with Crippen LogP contribution in [0.5, 0.6) is 0 Å². The predicted molar refractivity (Wildman–Crippen MR) is 83.9 cm³/mol. The van der Waals surface area contributed by atoms with Crippen LogP contribution < -0.4 is 0 Å². The van der Waals surface area contributed by atoms with E-state index in [2.05, 4.69) is 41.4 Å². The lowest BCUT2D eigenvalue weighted by atomic mass is 9.98. The molecule has 5 nitrogen and oxygen atoms in total. The zero-order chi connectivity index (χ0) is 15.7. The first-order valence-corrected chi connectivity index (χ1v) is 7.55. The molecule has 0 bridgehead atoms. The van der Waals surface area contributed by atoms with Crippen molar-refractivity contribution in [2.45, 2.75) is 26.3 Å². The highest BCUT2D eigenvalue weighted by Crippen LogP contribution is 2.39. The summed E-state index contributed by atoms with van der Waals surface area (Å²) < 4.78 is 5.12. The van der Waals surface area contributed by atoms with E-state index in [1.165, 1.54) is 5.56 Å². The van der Waals surface area contributed by atoms with Gasteiger partial charge in [-0.25, -0.2) is 0 Å². The minimum absolute atomic E-state index is 0.000952. The third-order valence-corrected chi connectivity index (χ3v) is 4.18. The van der Waals surface area contributed by atoms with Crippen molar-refractivity contribution in [3.8, 4) is 0 Å². The fourth-order valence-corrected chi connectivity index (χ4v) is 3.05. The number of aryl methyl sites for hydroxylation is 2. The smallest absolute Gasteiger partial charge is 0.275 e. The van der Waals surface area contributed by atoms with Gasteiger partial charge in [-0.2, -0.15) is 5.10 Å². The molecule has 2 heterocycles. The van der Waals surface area contributed by atoms with Crippen molar-refractivity contribution in [1.82, 2.24) is 15.1 Å². The monoisotopic (exact) mass is 299 g/mol. The third-order valence-electron chi connectivity index (χ3n) is 4.18. The Morgan fingerprint density at radius 3 is 2.68 bits per heavy atom. The Hall–Kier alpha value is -2.14. The molecule has 2 aromatic rings. The van der Waals surface area contributed by atoms with Gasteiger partial charge >= 0.3 is 0 Å². The number of carbonyl (C=O) groups excluding carboxylic acids is 1. The summed E-state index contributed by atoms with van der Waals surface area (Å²) in [5, 5.41) is 7.15. The Kier molecular flexibility index (Phi) is 3.98. The van der Waals surface area contributed by atoms with E-state index in [0.717, 1.165) is 23.2 Å². The average molecular weight is 299 g/mol. The number of H-pyrrole nitrogens is 1. The molecule has 1 atom stereocenters. The number of hydrogen-bond donors (Lipinski definition) is 1. The normalized spacial score (nSPS) is 17.1. The number of nitrogens with one attached hydrogen (secondary N) is 1. The van der Waals surface area contributed by atoms with Crippen molar-refractivity contribution < 1.29 is 9.53 Å². The van der Waals surface area contributed by atoms with Crippen molar-refractivity contribution in [2.24, 2.45) is 0 Å². The van der Waals surface area contributed by atoms with Gasteiger partial charge in [-0.1, -0.05) is 29.8 Å². The molecule has 1 unspecified atom stereocenters. The number of nitrogens with zero attached hydrogens (tertiary/aromatic N) is 2. The van der Waals surface area contributed by atoms with Crippen LogP contribution >= 0.6 is 0 Å². The number of fused-ring (bicyclic) bond motifs is 1. The standard InChI is InChI=1S/C17H21N3O2/c1-11-5-7-13(8-6-11)16-14-12(2)18-19-15(14)17(21)20(16)9-4-10-22-3/h5-8,16H,4,9-10H2,1-3H3,(H,18,19). The molecular weight excluding hydrogens is 278 g/mol. The average Bonchev–Trinajstić information content (AvgIpc) is 3.01. The summed E-state index contributed by atoms with van der Waals surface area (Å²) in [6, 6.07) is 8.30. The zero-order valence-electron chi connectivity index (χ0n) is 13.2. The Morgan fingerprint density at radius 2 is 2.00 bits per heavy atom. The van der Waals surface area contributed by atoms with Gasteiger partial charge in [0.1, 0.15) is 0 Å². The first kappa shape index (κ1) is 14.8. The second-order valence-corrected chi connectivity index (χ2v) is 5.77. The van der Waals surface area contributed by atoms with E-state index in [-0.39, 0.29) is 11.9 Å². The van der Waals surface area contributed by atoms with Crippen LogP contribution in [-0.4, -0.2) is 41.3 Å². The molecule has 0 fully saturated rings. The molecule has 3 rings (SSSR count). The van der Waals surface area contributed by atoms with Crippen molar-refractivity contribution in [1.29, 1.82) is 0 Å². The molecule has 22 heavy (non-hydrogen) atoms. The molecule has 0 saturated heterocycles. The summed E-state index contributed by atoms with van der Waals surface area (Å²) in [7, 11) is 1.68. The van der Waals surface area contributed by atoms with Crippen molar-refractivity contribution in [2.75, 3.05) is 20.3 Å². The van der Waals surface area contributed by atoms with E-state index in [0.29, 0.717) is 18.8 Å². The summed E-state index contributed by atoms with van der Waals surface area (Å²) >= 11 is 0. The van der Waals surface area contributed by atoms with Crippen molar-refractivity contribution in [3.05, 3.63) is 52.3 Å². The lowest BCUT2D eigenvalue weighted by molar-refractivity contribution is 0.0723. The number of aromatic nitrogens is 2. The first-order valence-electron chi connectivity index (χ1n) is 7.55. The molecule has 0 saturated carbocycles. The van der Waals surface area contributed by atoms with Gasteiger partial charge in [-0.15, -0.1) is 0 Å². The highest BCUT2D eigenvalue weighted by atomic mass is 16.5. The van der Waals surface area contributed by atoms with Gasteiger partial charge in [0, 0.05) is 31.5 Å². The number of aromatic amines is 1. The number of carbonyl (C=O) groups is 1. The maximum Gasteiger partial charge on any atom is 0.275 e. The molecule has 1 aliphatic heterocycles. The van der Waals surface area contributed by atoms with E-state index >= 15 is 0 Å². The van der Waals surface area contributed by atoms with Crippen LogP contribution in [0, 0.1) is 13.8 Å². The maximum absolute atomic E-state index is 12.7. The van der Waals surface area contributed by atoms with E-state index in [1.807, 2.05) is 11.8 Å². The van der Waals surface area contributed by atoms with Crippen molar-refractivity contribution in [3.63, 3.8) is 0 Å². The van der Waals surface area contributed by atoms with Crippen LogP contribution in [0.15, 0.2) is 24.3 Å².